The molecule has 0 aliphatic heterocycles. The third-order valence-electron chi connectivity index (χ3n) is 4.15. The molecule has 0 saturated heterocycles. The summed E-state index contributed by atoms with van der Waals surface area (Å²) in [7, 11) is 0. The molecular weight excluding hydrogens is 372 g/mol. The van der Waals surface area contributed by atoms with Crippen molar-refractivity contribution in [2.45, 2.75) is 12.8 Å². The lowest BCUT2D eigenvalue weighted by Crippen LogP contribution is -2.33. The van der Waals surface area contributed by atoms with Crippen molar-refractivity contribution < 1.29 is 19.3 Å². The highest BCUT2D eigenvalue weighted by molar-refractivity contribution is 6.05. The summed E-state index contributed by atoms with van der Waals surface area (Å²) in [6.45, 7) is 0. The average molecular weight is 390 g/mol. The zero-order valence-corrected chi connectivity index (χ0v) is 15.4. The molecule has 146 valence electrons. The number of benzene rings is 3. The highest BCUT2D eigenvalue weighted by atomic mass is 16.7. The number of hydrogen-bond acceptors (Lipinski definition) is 5. The van der Waals surface area contributed by atoms with Crippen LogP contribution in [0.5, 0.6) is 0 Å². The van der Waals surface area contributed by atoms with Gasteiger partial charge in [0.15, 0.2) is 0 Å². The van der Waals surface area contributed by atoms with E-state index >= 15 is 0 Å². The van der Waals surface area contributed by atoms with Crippen LogP contribution >= 0.6 is 0 Å². The lowest BCUT2D eigenvalue weighted by molar-refractivity contribution is -0.384. The van der Waals surface area contributed by atoms with Gasteiger partial charge in [-0.2, -0.15) is 0 Å². The SMILES string of the molecule is O=C(CCc1ccc([N+](=O)[O-])cc1)ON(C(=O)c1ccccc1)c1ccccc1. The predicted octanol–water partition coefficient (Wildman–Crippen LogP) is 4.33. The number of rotatable bonds is 6. The maximum absolute atomic E-state index is 12.8. The van der Waals surface area contributed by atoms with Crippen LogP contribution in [0.2, 0.25) is 0 Å². The van der Waals surface area contributed by atoms with Crippen molar-refractivity contribution in [2.24, 2.45) is 0 Å². The van der Waals surface area contributed by atoms with E-state index in [0.717, 1.165) is 10.6 Å². The lowest BCUT2D eigenvalue weighted by Gasteiger charge is -2.21. The van der Waals surface area contributed by atoms with Gasteiger partial charge in [0.2, 0.25) is 0 Å². The number of anilines is 1. The Balaban J connectivity index is 1.69. The minimum absolute atomic E-state index is 0.0139. The van der Waals surface area contributed by atoms with Gasteiger partial charge < -0.3 is 4.84 Å². The molecule has 0 N–H and O–H groups in total. The Morgan fingerprint density at radius 3 is 2.03 bits per heavy atom. The molecule has 0 radical (unpaired) electrons. The zero-order chi connectivity index (χ0) is 20.6. The number of hydroxylamine groups is 1. The molecule has 0 bridgehead atoms. The molecular formula is C22H18N2O5. The fraction of sp³-hybridized carbons (Fsp3) is 0.0909. The quantitative estimate of drug-likeness (QED) is 0.461. The van der Waals surface area contributed by atoms with E-state index in [-0.39, 0.29) is 12.1 Å². The van der Waals surface area contributed by atoms with Crippen LogP contribution in [0, 0.1) is 10.1 Å². The van der Waals surface area contributed by atoms with Crippen LogP contribution in [0.15, 0.2) is 84.9 Å². The van der Waals surface area contributed by atoms with Crippen molar-refractivity contribution in [2.75, 3.05) is 5.06 Å². The Hall–Kier alpha value is -4.00. The number of nitro benzene ring substituents is 1. The van der Waals surface area contributed by atoms with Crippen LogP contribution in [0.25, 0.3) is 0 Å². The number of amides is 1. The Kier molecular flexibility index (Phi) is 6.32. The highest BCUT2D eigenvalue weighted by Crippen LogP contribution is 2.19. The summed E-state index contributed by atoms with van der Waals surface area (Å²) in [5, 5.41) is 11.7. The number of nitro groups is 1. The summed E-state index contributed by atoms with van der Waals surface area (Å²) in [5.41, 5.74) is 1.57. The van der Waals surface area contributed by atoms with Gasteiger partial charge in [0.05, 0.1) is 17.0 Å². The maximum atomic E-state index is 12.8. The number of nitrogens with zero attached hydrogens (tertiary/aromatic N) is 2. The first kappa shape index (κ1) is 19.8. The molecule has 0 unspecified atom stereocenters. The Labute approximate surface area is 167 Å². The van der Waals surface area contributed by atoms with E-state index in [2.05, 4.69) is 0 Å². The van der Waals surface area contributed by atoms with Crippen molar-refractivity contribution in [3.05, 3.63) is 106 Å². The predicted molar refractivity (Wildman–Crippen MR) is 107 cm³/mol. The monoisotopic (exact) mass is 390 g/mol. The third kappa shape index (κ3) is 5.26. The van der Waals surface area contributed by atoms with Gasteiger partial charge in [-0.3, -0.25) is 14.9 Å². The van der Waals surface area contributed by atoms with E-state index in [0.29, 0.717) is 17.7 Å². The van der Waals surface area contributed by atoms with Gasteiger partial charge in [0.1, 0.15) is 0 Å². The normalized spacial score (nSPS) is 10.2. The molecule has 0 aromatic heterocycles. The third-order valence-corrected chi connectivity index (χ3v) is 4.15. The first-order chi connectivity index (χ1) is 14.0. The van der Waals surface area contributed by atoms with Crippen LogP contribution in [0.1, 0.15) is 22.3 Å². The van der Waals surface area contributed by atoms with E-state index in [1.54, 1.807) is 72.8 Å². The van der Waals surface area contributed by atoms with Crippen molar-refractivity contribution in [3.8, 4) is 0 Å². The lowest BCUT2D eigenvalue weighted by atomic mass is 10.1. The summed E-state index contributed by atoms with van der Waals surface area (Å²) >= 11 is 0. The van der Waals surface area contributed by atoms with Gasteiger partial charge in [-0.05, 0) is 36.2 Å². The Bertz CT molecular complexity index is 989. The van der Waals surface area contributed by atoms with Crippen LogP contribution in [0.4, 0.5) is 11.4 Å². The second-order valence-corrected chi connectivity index (χ2v) is 6.19. The molecule has 0 atom stereocenters. The summed E-state index contributed by atoms with van der Waals surface area (Å²) in [6.07, 6.45) is 0.349. The standard InChI is InChI=1S/C22H18N2O5/c25-21(16-13-17-11-14-20(15-12-17)24(27)28)29-23(19-9-5-2-6-10-19)22(26)18-7-3-1-4-8-18/h1-12,14-15H,13,16H2. The smallest absolute Gasteiger partial charge is 0.333 e. The molecule has 0 aliphatic rings. The fourth-order valence-electron chi connectivity index (χ4n) is 2.65. The molecule has 3 aromatic rings. The van der Waals surface area contributed by atoms with Crippen LogP contribution in [0.3, 0.4) is 0 Å². The van der Waals surface area contributed by atoms with E-state index in [1.165, 1.54) is 12.1 Å². The van der Waals surface area contributed by atoms with Crippen LogP contribution in [-0.4, -0.2) is 16.8 Å². The molecule has 3 aromatic carbocycles. The number of non-ortho nitro benzene ring substituents is 1. The highest BCUT2D eigenvalue weighted by Gasteiger charge is 2.22. The zero-order valence-electron chi connectivity index (χ0n) is 15.4. The molecule has 0 fully saturated rings. The summed E-state index contributed by atoms with van der Waals surface area (Å²) in [4.78, 5) is 40.8. The second-order valence-electron chi connectivity index (χ2n) is 6.19. The minimum Gasteiger partial charge on any atom is -0.333 e. The molecule has 0 saturated carbocycles. The van der Waals surface area contributed by atoms with E-state index in [9.17, 15) is 19.7 Å². The van der Waals surface area contributed by atoms with Gasteiger partial charge >= 0.3 is 5.97 Å². The Morgan fingerprint density at radius 2 is 1.45 bits per heavy atom. The minimum atomic E-state index is -0.587. The van der Waals surface area contributed by atoms with Crippen LogP contribution in [-0.2, 0) is 16.1 Å². The Morgan fingerprint density at radius 1 is 0.862 bits per heavy atom. The average Bonchev–Trinajstić information content (AvgIpc) is 2.77. The van der Waals surface area contributed by atoms with Gasteiger partial charge in [-0.25, -0.2) is 4.79 Å². The molecule has 3 rings (SSSR count). The van der Waals surface area contributed by atoms with Crippen molar-refractivity contribution in [1.82, 2.24) is 0 Å². The molecule has 0 spiro atoms. The fourth-order valence-corrected chi connectivity index (χ4v) is 2.65. The first-order valence-electron chi connectivity index (χ1n) is 8.93. The summed E-state index contributed by atoms with van der Waals surface area (Å²) in [5.74, 6) is -1.04. The largest absolute Gasteiger partial charge is 0.333 e. The van der Waals surface area contributed by atoms with E-state index in [1.807, 2.05) is 0 Å². The second kappa shape index (κ2) is 9.27. The maximum Gasteiger partial charge on any atom is 0.333 e. The van der Waals surface area contributed by atoms with Crippen molar-refractivity contribution >= 4 is 23.3 Å². The molecule has 7 heteroatoms. The van der Waals surface area contributed by atoms with Crippen molar-refractivity contribution in [1.29, 1.82) is 0 Å². The van der Waals surface area contributed by atoms with Gasteiger partial charge in [0.25, 0.3) is 11.6 Å². The first-order valence-corrected chi connectivity index (χ1v) is 8.93. The number of aryl methyl sites for hydroxylation is 1. The summed E-state index contributed by atoms with van der Waals surface area (Å²) < 4.78 is 0. The van der Waals surface area contributed by atoms with Gasteiger partial charge in [0, 0.05) is 17.7 Å². The number of carbonyl (C=O) groups excluding carboxylic acids is 2. The number of para-hydroxylation sites is 1. The summed E-state index contributed by atoms with van der Waals surface area (Å²) in [6, 6.07) is 23.1. The molecule has 29 heavy (non-hydrogen) atoms. The molecule has 7 nitrogen and oxygen atoms in total. The van der Waals surface area contributed by atoms with E-state index in [4.69, 9.17) is 4.84 Å². The van der Waals surface area contributed by atoms with E-state index < -0.39 is 16.8 Å². The topological polar surface area (TPSA) is 89.8 Å². The molecule has 0 aliphatic carbocycles. The molecule has 0 heterocycles. The number of hydrogen-bond donors (Lipinski definition) is 0. The molecule has 1 amide bonds. The van der Waals surface area contributed by atoms with Gasteiger partial charge in [-0.15, -0.1) is 5.06 Å². The number of carbonyl (C=O) groups is 2. The van der Waals surface area contributed by atoms with Gasteiger partial charge in [-0.1, -0.05) is 48.5 Å². The van der Waals surface area contributed by atoms with Crippen LogP contribution < -0.4 is 5.06 Å². The van der Waals surface area contributed by atoms with Crippen molar-refractivity contribution in [3.63, 3.8) is 0 Å².